The van der Waals surface area contributed by atoms with Crippen molar-refractivity contribution >= 4 is 17.2 Å². The zero-order chi connectivity index (χ0) is 16.2. The highest BCUT2D eigenvalue weighted by atomic mass is 32.1. The Kier molecular flexibility index (Phi) is 5.67. The van der Waals surface area contributed by atoms with Crippen LogP contribution < -0.4 is 0 Å². The first-order valence-electron chi connectivity index (χ1n) is 8.65. The van der Waals surface area contributed by atoms with Crippen LogP contribution in [0.4, 0.5) is 0 Å². The zero-order valence-corrected chi connectivity index (χ0v) is 15.0. The van der Waals surface area contributed by atoms with E-state index in [1.54, 1.807) is 11.3 Å². The van der Waals surface area contributed by atoms with Crippen LogP contribution >= 0.6 is 11.3 Å². The number of aromatic nitrogens is 1. The standard InChI is InChI=1S/C17H27N3O2S/c1-13(22-11-15-4-5-15)17(21)20-7-3-6-19(8-9-20)10-16-12-23-14(2)18-16/h12-13,15H,3-11H2,1-2H3. The van der Waals surface area contributed by atoms with E-state index in [0.717, 1.165) is 56.5 Å². The van der Waals surface area contributed by atoms with E-state index in [1.807, 2.05) is 18.7 Å². The number of amides is 1. The van der Waals surface area contributed by atoms with E-state index < -0.39 is 0 Å². The summed E-state index contributed by atoms with van der Waals surface area (Å²) in [4.78, 5) is 21.4. The summed E-state index contributed by atoms with van der Waals surface area (Å²) >= 11 is 1.70. The summed E-state index contributed by atoms with van der Waals surface area (Å²) in [7, 11) is 0. The molecule has 0 bridgehead atoms. The molecule has 2 heterocycles. The van der Waals surface area contributed by atoms with Crippen LogP contribution in [0.1, 0.15) is 36.9 Å². The van der Waals surface area contributed by atoms with Crippen LogP contribution in [0.2, 0.25) is 0 Å². The number of ether oxygens (including phenoxy) is 1. The maximum absolute atomic E-state index is 12.5. The largest absolute Gasteiger partial charge is 0.368 e. The number of carbonyl (C=O) groups is 1. The minimum absolute atomic E-state index is 0.150. The average Bonchev–Trinajstić information content (AvgIpc) is 3.31. The minimum Gasteiger partial charge on any atom is -0.368 e. The molecular formula is C17H27N3O2S. The van der Waals surface area contributed by atoms with Gasteiger partial charge in [-0.15, -0.1) is 11.3 Å². The number of thiazole rings is 1. The van der Waals surface area contributed by atoms with Crippen molar-refractivity contribution in [2.24, 2.45) is 5.92 Å². The Labute approximate surface area is 142 Å². The average molecular weight is 337 g/mol. The fourth-order valence-corrected chi connectivity index (χ4v) is 3.56. The molecule has 5 nitrogen and oxygen atoms in total. The van der Waals surface area contributed by atoms with Gasteiger partial charge in [-0.1, -0.05) is 0 Å². The molecule has 1 atom stereocenters. The molecule has 2 aliphatic rings. The maximum Gasteiger partial charge on any atom is 0.251 e. The third-order valence-electron chi connectivity index (χ3n) is 4.58. The molecule has 0 N–H and O–H groups in total. The Balaban J connectivity index is 1.46. The molecule has 0 spiro atoms. The van der Waals surface area contributed by atoms with Crippen LogP contribution in [-0.2, 0) is 16.1 Å². The molecule has 3 rings (SSSR count). The molecule has 2 fully saturated rings. The molecule has 1 amide bonds. The van der Waals surface area contributed by atoms with Gasteiger partial charge in [-0.3, -0.25) is 9.69 Å². The smallest absolute Gasteiger partial charge is 0.251 e. The van der Waals surface area contributed by atoms with Gasteiger partial charge >= 0.3 is 0 Å². The second-order valence-corrected chi connectivity index (χ2v) is 7.79. The predicted octanol–water partition coefficient (Wildman–Crippen LogP) is 2.30. The summed E-state index contributed by atoms with van der Waals surface area (Å²) in [6.07, 6.45) is 3.23. The predicted molar refractivity (Wildman–Crippen MR) is 91.5 cm³/mol. The van der Waals surface area contributed by atoms with Crippen LogP contribution in [0.15, 0.2) is 5.38 Å². The first-order valence-corrected chi connectivity index (χ1v) is 9.53. The van der Waals surface area contributed by atoms with Gasteiger partial charge in [0.1, 0.15) is 6.10 Å². The van der Waals surface area contributed by atoms with E-state index in [4.69, 9.17) is 4.74 Å². The van der Waals surface area contributed by atoms with Crippen molar-refractivity contribution in [1.29, 1.82) is 0 Å². The fourth-order valence-electron chi connectivity index (χ4n) is 2.95. The number of rotatable bonds is 6. The van der Waals surface area contributed by atoms with Crippen LogP contribution in [0.25, 0.3) is 0 Å². The lowest BCUT2D eigenvalue weighted by Crippen LogP contribution is -2.41. The quantitative estimate of drug-likeness (QED) is 0.799. The fraction of sp³-hybridized carbons (Fsp3) is 0.765. The van der Waals surface area contributed by atoms with Gasteiger partial charge in [0.15, 0.2) is 0 Å². The van der Waals surface area contributed by atoms with Gasteiger partial charge in [-0.25, -0.2) is 4.98 Å². The molecule has 6 heteroatoms. The van der Waals surface area contributed by atoms with Crippen LogP contribution in [0, 0.1) is 12.8 Å². The van der Waals surface area contributed by atoms with Crippen LogP contribution in [0.3, 0.4) is 0 Å². The van der Waals surface area contributed by atoms with Gasteiger partial charge in [0.2, 0.25) is 0 Å². The van der Waals surface area contributed by atoms with Gasteiger partial charge in [0.25, 0.3) is 5.91 Å². The van der Waals surface area contributed by atoms with E-state index in [9.17, 15) is 4.79 Å². The van der Waals surface area contributed by atoms with E-state index in [0.29, 0.717) is 5.92 Å². The van der Waals surface area contributed by atoms with Crippen molar-refractivity contribution in [3.8, 4) is 0 Å². The second-order valence-electron chi connectivity index (χ2n) is 6.73. The van der Waals surface area contributed by atoms with Crippen molar-refractivity contribution in [2.75, 3.05) is 32.8 Å². The van der Waals surface area contributed by atoms with Gasteiger partial charge in [-0.05, 0) is 39.0 Å². The Hall–Kier alpha value is -0.980. The summed E-state index contributed by atoms with van der Waals surface area (Å²) in [6.45, 7) is 9.14. The van der Waals surface area contributed by atoms with E-state index in [-0.39, 0.29) is 12.0 Å². The molecule has 0 radical (unpaired) electrons. The van der Waals surface area contributed by atoms with Crippen molar-refractivity contribution in [3.63, 3.8) is 0 Å². The van der Waals surface area contributed by atoms with Crippen molar-refractivity contribution < 1.29 is 9.53 Å². The molecule has 1 unspecified atom stereocenters. The lowest BCUT2D eigenvalue weighted by atomic mass is 10.3. The lowest BCUT2D eigenvalue weighted by molar-refractivity contribution is -0.142. The molecule has 1 saturated heterocycles. The highest BCUT2D eigenvalue weighted by Gasteiger charge is 2.27. The summed E-state index contributed by atoms with van der Waals surface area (Å²) in [5.41, 5.74) is 1.15. The molecule has 1 saturated carbocycles. The normalized spacial score (nSPS) is 21.2. The number of hydrogen-bond acceptors (Lipinski definition) is 5. The monoisotopic (exact) mass is 337 g/mol. The molecule has 128 valence electrons. The third-order valence-corrected chi connectivity index (χ3v) is 5.40. The van der Waals surface area contributed by atoms with E-state index >= 15 is 0 Å². The first kappa shape index (κ1) is 16.9. The minimum atomic E-state index is -0.302. The summed E-state index contributed by atoms with van der Waals surface area (Å²) in [6, 6.07) is 0. The first-order chi connectivity index (χ1) is 11.1. The highest BCUT2D eigenvalue weighted by molar-refractivity contribution is 7.09. The Bertz CT molecular complexity index is 530. The van der Waals surface area contributed by atoms with Crippen LogP contribution in [-0.4, -0.2) is 59.6 Å². The molecule has 23 heavy (non-hydrogen) atoms. The Morgan fingerprint density at radius 1 is 1.39 bits per heavy atom. The Morgan fingerprint density at radius 3 is 2.91 bits per heavy atom. The number of hydrogen-bond donors (Lipinski definition) is 0. The molecule has 0 aromatic carbocycles. The lowest BCUT2D eigenvalue weighted by Gasteiger charge is -2.24. The summed E-state index contributed by atoms with van der Waals surface area (Å²) in [5, 5.41) is 3.25. The van der Waals surface area contributed by atoms with Crippen molar-refractivity contribution in [1.82, 2.24) is 14.8 Å². The summed E-state index contributed by atoms with van der Waals surface area (Å²) < 4.78 is 5.73. The molecule has 1 aliphatic carbocycles. The van der Waals surface area contributed by atoms with Crippen LogP contribution in [0.5, 0.6) is 0 Å². The number of carbonyl (C=O) groups excluding carboxylic acids is 1. The van der Waals surface area contributed by atoms with Gasteiger partial charge in [-0.2, -0.15) is 0 Å². The second kappa shape index (κ2) is 7.73. The number of nitrogens with zero attached hydrogens (tertiary/aromatic N) is 3. The zero-order valence-electron chi connectivity index (χ0n) is 14.2. The maximum atomic E-state index is 12.5. The van der Waals surface area contributed by atoms with Crippen molar-refractivity contribution in [2.45, 2.75) is 45.8 Å². The number of aryl methyl sites for hydroxylation is 1. The van der Waals surface area contributed by atoms with Gasteiger partial charge in [0, 0.05) is 38.1 Å². The molecule has 1 aromatic heterocycles. The topological polar surface area (TPSA) is 45.7 Å². The van der Waals surface area contributed by atoms with Crippen molar-refractivity contribution in [3.05, 3.63) is 16.1 Å². The molecule has 1 aromatic rings. The van der Waals surface area contributed by atoms with E-state index in [2.05, 4.69) is 15.3 Å². The Morgan fingerprint density at radius 2 is 2.22 bits per heavy atom. The van der Waals surface area contributed by atoms with Gasteiger partial charge in [0.05, 0.1) is 17.3 Å². The molecular weight excluding hydrogens is 310 g/mol. The summed E-state index contributed by atoms with van der Waals surface area (Å²) in [5.74, 6) is 0.850. The van der Waals surface area contributed by atoms with Gasteiger partial charge < -0.3 is 9.64 Å². The SMILES string of the molecule is Cc1nc(CN2CCCN(C(=O)C(C)OCC3CC3)CC2)cs1. The highest BCUT2D eigenvalue weighted by Crippen LogP contribution is 2.29. The van der Waals surface area contributed by atoms with E-state index in [1.165, 1.54) is 12.8 Å². The molecule has 1 aliphatic heterocycles. The third kappa shape index (κ3) is 4.99.